The summed E-state index contributed by atoms with van der Waals surface area (Å²) in [6, 6.07) is 0. The van der Waals surface area contributed by atoms with Crippen LogP contribution in [0, 0.1) is 11.8 Å². The first-order valence-corrected chi connectivity index (χ1v) is 4.48. The molecule has 0 aromatic heterocycles. The standard InChI is InChI=1S/C11H18/c1-8(2)11-6-5-9(3)10(4)7-11/h5-6,8,10H,7H2,1-4H3. The van der Waals surface area contributed by atoms with E-state index in [9.17, 15) is 0 Å². The van der Waals surface area contributed by atoms with Crippen LogP contribution in [0.3, 0.4) is 0 Å². The van der Waals surface area contributed by atoms with Gasteiger partial charge < -0.3 is 0 Å². The van der Waals surface area contributed by atoms with E-state index < -0.39 is 0 Å². The van der Waals surface area contributed by atoms with Crippen LogP contribution < -0.4 is 0 Å². The summed E-state index contributed by atoms with van der Waals surface area (Å²) in [5.74, 6) is 1.49. The highest BCUT2D eigenvalue weighted by Crippen LogP contribution is 2.28. The van der Waals surface area contributed by atoms with Crippen molar-refractivity contribution in [1.82, 2.24) is 0 Å². The Labute approximate surface area is 70.0 Å². The molecule has 0 aromatic carbocycles. The van der Waals surface area contributed by atoms with E-state index in [-0.39, 0.29) is 0 Å². The summed E-state index contributed by atoms with van der Waals surface area (Å²) >= 11 is 0. The topological polar surface area (TPSA) is 0 Å². The van der Waals surface area contributed by atoms with E-state index in [1.807, 2.05) is 0 Å². The molecule has 0 N–H and O–H groups in total. The average molecular weight is 150 g/mol. The molecular formula is C11H18. The fourth-order valence-corrected chi connectivity index (χ4v) is 1.41. The quantitative estimate of drug-likeness (QED) is 0.536. The predicted octanol–water partition coefficient (Wildman–Crippen LogP) is 3.55. The van der Waals surface area contributed by atoms with Crippen molar-refractivity contribution in [2.75, 3.05) is 0 Å². The molecule has 1 rings (SSSR count). The molecule has 0 aromatic rings. The molecule has 0 heterocycles. The van der Waals surface area contributed by atoms with Crippen molar-refractivity contribution >= 4 is 0 Å². The van der Waals surface area contributed by atoms with E-state index >= 15 is 0 Å². The van der Waals surface area contributed by atoms with Gasteiger partial charge in [-0.25, -0.2) is 0 Å². The Morgan fingerprint density at radius 2 is 2.00 bits per heavy atom. The van der Waals surface area contributed by atoms with E-state index in [4.69, 9.17) is 0 Å². The zero-order valence-corrected chi connectivity index (χ0v) is 8.02. The number of allylic oxidation sites excluding steroid dienone is 4. The van der Waals surface area contributed by atoms with Gasteiger partial charge in [-0.1, -0.05) is 44.1 Å². The number of rotatable bonds is 1. The van der Waals surface area contributed by atoms with Crippen LogP contribution in [-0.2, 0) is 0 Å². The maximum absolute atomic E-state index is 2.31. The lowest BCUT2D eigenvalue weighted by atomic mass is 9.85. The van der Waals surface area contributed by atoms with Crippen molar-refractivity contribution in [2.45, 2.75) is 34.1 Å². The monoisotopic (exact) mass is 150 g/mol. The molecule has 1 atom stereocenters. The Balaban J connectivity index is 2.73. The van der Waals surface area contributed by atoms with Crippen LogP contribution in [-0.4, -0.2) is 0 Å². The Kier molecular flexibility index (Phi) is 2.53. The summed E-state index contributed by atoms with van der Waals surface area (Å²) in [5.41, 5.74) is 3.12. The first-order chi connectivity index (χ1) is 5.11. The maximum Gasteiger partial charge on any atom is -0.0194 e. The summed E-state index contributed by atoms with van der Waals surface area (Å²) in [7, 11) is 0. The lowest BCUT2D eigenvalue weighted by Gasteiger charge is -2.21. The van der Waals surface area contributed by atoms with Crippen LogP contribution in [0.25, 0.3) is 0 Å². The van der Waals surface area contributed by atoms with E-state index in [1.54, 1.807) is 5.57 Å². The van der Waals surface area contributed by atoms with E-state index in [0.29, 0.717) is 0 Å². The third-order valence-corrected chi connectivity index (χ3v) is 2.62. The van der Waals surface area contributed by atoms with Crippen molar-refractivity contribution in [1.29, 1.82) is 0 Å². The molecule has 0 radical (unpaired) electrons. The Hall–Kier alpha value is -0.520. The maximum atomic E-state index is 2.31. The largest absolute Gasteiger partial charge is 0.0702 e. The minimum absolute atomic E-state index is 0.724. The molecule has 0 spiro atoms. The number of hydrogen-bond acceptors (Lipinski definition) is 0. The molecule has 0 heteroatoms. The van der Waals surface area contributed by atoms with Crippen LogP contribution >= 0.6 is 0 Å². The SMILES string of the molecule is CC1=CC=C(C(C)C)CC1C. The van der Waals surface area contributed by atoms with Gasteiger partial charge in [0, 0.05) is 0 Å². The van der Waals surface area contributed by atoms with Crippen LogP contribution in [0.15, 0.2) is 23.3 Å². The van der Waals surface area contributed by atoms with Gasteiger partial charge in [0.1, 0.15) is 0 Å². The normalized spacial score (nSPS) is 25.0. The Morgan fingerprint density at radius 1 is 1.36 bits per heavy atom. The van der Waals surface area contributed by atoms with Crippen LogP contribution in [0.1, 0.15) is 34.1 Å². The molecule has 0 aliphatic heterocycles. The second-order valence-electron chi connectivity index (χ2n) is 3.91. The summed E-state index contributed by atoms with van der Waals surface area (Å²) in [5, 5.41) is 0. The van der Waals surface area contributed by atoms with Crippen molar-refractivity contribution in [3.05, 3.63) is 23.3 Å². The summed E-state index contributed by atoms with van der Waals surface area (Å²) in [6.45, 7) is 9.07. The minimum atomic E-state index is 0.724. The lowest BCUT2D eigenvalue weighted by molar-refractivity contribution is 0.598. The molecule has 1 unspecified atom stereocenters. The highest BCUT2D eigenvalue weighted by atomic mass is 14.2. The molecule has 0 bridgehead atoms. The van der Waals surface area contributed by atoms with Gasteiger partial charge in [-0.2, -0.15) is 0 Å². The molecule has 0 amide bonds. The van der Waals surface area contributed by atoms with Crippen LogP contribution in [0.5, 0.6) is 0 Å². The molecule has 0 saturated heterocycles. The van der Waals surface area contributed by atoms with Gasteiger partial charge in [0.05, 0.1) is 0 Å². The van der Waals surface area contributed by atoms with Crippen molar-refractivity contribution < 1.29 is 0 Å². The highest BCUT2D eigenvalue weighted by molar-refractivity contribution is 5.25. The number of hydrogen-bond donors (Lipinski definition) is 0. The van der Waals surface area contributed by atoms with Crippen molar-refractivity contribution in [3.8, 4) is 0 Å². The van der Waals surface area contributed by atoms with Crippen molar-refractivity contribution in [3.63, 3.8) is 0 Å². The Morgan fingerprint density at radius 3 is 2.45 bits per heavy atom. The highest BCUT2D eigenvalue weighted by Gasteiger charge is 2.13. The van der Waals surface area contributed by atoms with Gasteiger partial charge >= 0.3 is 0 Å². The zero-order chi connectivity index (χ0) is 8.43. The zero-order valence-electron chi connectivity index (χ0n) is 8.02. The first kappa shape index (κ1) is 8.58. The molecule has 1 aliphatic carbocycles. The Bertz CT molecular complexity index is 194. The third-order valence-electron chi connectivity index (χ3n) is 2.62. The van der Waals surface area contributed by atoms with Gasteiger partial charge in [-0.3, -0.25) is 0 Å². The van der Waals surface area contributed by atoms with Gasteiger partial charge in [-0.15, -0.1) is 0 Å². The summed E-state index contributed by atoms with van der Waals surface area (Å²) in [4.78, 5) is 0. The molecule has 62 valence electrons. The first-order valence-electron chi connectivity index (χ1n) is 4.48. The van der Waals surface area contributed by atoms with E-state index in [0.717, 1.165) is 11.8 Å². The van der Waals surface area contributed by atoms with Gasteiger partial charge in [-0.05, 0) is 25.2 Å². The second kappa shape index (κ2) is 3.25. The van der Waals surface area contributed by atoms with Crippen LogP contribution in [0.4, 0.5) is 0 Å². The van der Waals surface area contributed by atoms with Gasteiger partial charge in [0.15, 0.2) is 0 Å². The fourth-order valence-electron chi connectivity index (χ4n) is 1.41. The van der Waals surface area contributed by atoms with Crippen molar-refractivity contribution in [2.24, 2.45) is 11.8 Å². The average Bonchev–Trinajstić information content (AvgIpc) is 1.94. The minimum Gasteiger partial charge on any atom is -0.0702 e. The molecule has 0 saturated carbocycles. The molecule has 1 aliphatic rings. The van der Waals surface area contributed by atoms with Crippen LogP contribution in [0.2, 0.25) is 0 Å². The summed E-state index contributed by atoms with van der Waals surface area (Å²) in [6.07, 6.45) is 5.82. The fraction of sp³-hybridized carbons (Fsp3) is 0.636. The van der Waals surface area contributed by atoms with E-state index in [1.165, 1.54) is 12.0 Å². The molecule has 11 heavy (non-hydrogen) atoms. The lowest BCUT2D eigenvalue weighted by Crippen LogP contribution is -2.06. The second-order valence-corrected chi connectivity index (χ2v) is 3.91. The molecular weight excluding hydrogens is 132 g/mol. The predicted molar refractivity (Wildman–Crippen MR) is 50.5 cm³/mol. The molecule has 0 nitrogen and oxygen atoms in total. The van der Waals surface area contributed by atoms with E-state index in [2.05, 4.69) is 39.8 Å². The molecule has 0 fully saturated rings. The van der Waals surface area contributed by atoms with Gasteiger partial charge in [0.25, 0.3) is 0 Å². The third kappa shape index (κ3) is 1.95. The van der Waals surface area contributed by atoms with Gasteiger partial charge in [0.2, 0.25) is 0 Å². The smallest absolute Gasteiger partial charge is 0.0194 e. The summed E-state index contributed by atoms with van der Waals surface area (Å²) < 4.78 is 0.